The molecule has 0 saturated heterocycles. The summed E-state index contributed by atoms with van der Waals surface area (Å²) in [7, 11) is 3.14. The Kier molecular flexibility index (Phi) is 8.96. The molecule has 2 aromatic carbocycles. The molecule has 0 fully saturated rings. The Morgan fingerprint density at radius 1 is 0.769 bits per heavy atom. The molecule has 142 valence electrons. The van der Waals surface area contributed by atoms with Crippen LogP contribution >= 0.6 is 0 Å². The Balaban J connectivity index is 1.87. The van der Waals surface area contributed by atoms with Crippen molar-refractivity contribution in [3.8, 4) is 11.5 Å². The smallest absolute Gasteiger partial charge is 0.188 e. The van der Waals surface area contributed by atoms with Crippen LogP contribution in [0.4, 0.5) is 0 Å². The zero-order chi connectivity index (χ0) is 18.6. The average Bonchev–Trinajstić information content (AvgIpc) is 2.69. The van der Waals surface area contributed by atoms with Gasteiger partial charge in [-0.1, -0.05) is 36.4 Å². The first-order valence-electron chi connectivity index (χ1n) is 8.81. The minimum absolute atomic E-state index is 0.145. The zero-order valence-corrected chi connectivity index (χ0v) is 15.5. The molecular formula is C21H28O5. The largest absolute Gasteiger partial charge is 0.464 e. The highest BCUT2D eigenvalue weighted by molar-refractivity contribution is 5.43. The minimum atomic E-state index is -0.331. The van der Waals surface area contributed by atoms with Crippen LogP contribution in [0.5, 0.6) is 11.5 Å². The molecule has 0 heterocycles. The van der Waals surface area contributed by atoms with Crippen molar-refractivity contribution in [2.45, 2.75) is 31.8 Å². The van der Waals surface area contributed by atoms with Crippen molar-refractivity contribution in [3.05, 3.63) is 59.7 Å². The summed E-state index contributed by atoms with van der Waals surface area (Å²) in [5.41, 5.74) is 2.33. The molecule has 0 aromatic heterocycles. The van der Waals surface area contributed by atoms with Gasteiger partial charge < -0.3 is 24.1 Å². The third-order valence-corrected chi connectivity index (χ3v) is 4.05. The van der Waals surface area contributed by atoms with Gasteiger partial charge in [0.15, 0.2) is 25.1 Å². The molecule has 0 aliphatic heterocycles. The molecular weight excluding hydrogens is 332 g/mol. The van der Waals surface area contributed by atoms with Crippen molar-refractivity contribution < 1.29 is 24.1 Å². The summed E-state index contributed by atoms with van der Waals surface area (Å²) in [6.45, 7) is 0.299. The fraction of sp³-hybridized carbons (Fsp3) is 0.429. The maximum atomic E-state index is 10.3. The van der Waals surface area contributed by atoms with Crippen LogP contribution in [0, 0.1) is 0 Å². The van der Waals surface area contributed by atoms with Gasteiger partial charge in [-0.3, -0.25) is 0 Å². The van der Waals surface area contributed by atoms with E-state index in [2.05, 4.69) is 12.1 Å². The van der Waals surface area contributed by atoms with E-state index in [9.17, 15) is 5.11 Å². The Morgan fingerprint density at radius 2 is 1.38 bits per heavy atom. The van der Waals surface area contributed by atoms with Gasteiger partial charge in [0, 0.05) is 14.2 Å². The van der Waals surface area contributed by atoms with Gasteiger partial charge in [-0.25, -0.2) is 0 Å². The quantitative estimate of drug-likeness (QED) is 0.586. The summed E-state index contributed by atoms with van der Waals surface area (Å²) in [5.74, 6) is 1.22. The summed E-state index contributed by atoms with van der Waals surface area (Å²) in [4.78, 5) is 0. The summed E-state index contributed by atoms with van der Waals surface area (Å²) in [6, 6.07) is 16.0. The van der Waals surface area contributed by atoms with Crippen LogP contribution in [0.2, 0.25) is 0 Å². The number of hydrogen-bond acceptors (Lipinski definition) is 5. The number of aliphatic hydroxyl groups is 1. The van der Waals surface area contributed by atoms with Gasteiger partial charge in [0.25, 0.3) is 0 Å². The summed E-state index contributed by atoms with van der Waals surface area (Å²) < 4.78 is 21.0. The molecule has 0 radical (unpaired) electrons. The number of ether oxygens (including phenoxy) is 4. The molecule has 0 saturated carbocycles. The number of hydrogen-bond donors (Lipinski definition) is 1. The zero-order valence-electron chi connectivity index (χ0n) is 15.5. The average molecular weight is 360 g/mol. The number of methoxy groups -OCH3 is 2. The van der Waals surface area contributed by atoms with Crippen molar-refractivity contribution in [1.82, 2.24) is 0 Å². The normalized spacial score (nSPS) is 12.0. The van der Waals surface area contributed by atoms with Crippen molar-refractivity contribution in [2.75, 3.05) is 27.8 Å². The molecule has 0 aliphatic carbocycles. The van der Waals surface area contributed by atoms with E-state index in [1.807, 2.05) is 36.4 Å². The molecule has 2 rings (SSSR count). The Hall–Kier alpha value is -2.08. The van der Waals surface area contributed by atoms with Crippen molar-refractivity contribution in [2.24, 2.45) is 0 Å². The monoisotopic (exact) mass is 360 g/mol. The summed E-state index contributed by atoms with van der Waals surface area (Å²) in [6.07, 6.45) is 2.78. The van der Waals surface area contributed by atoms with Gasteiger partial charge in [0.1, 0.15) is 0 Å². The third kappa shape index (κ3) is 7.04. The highest BCUT2D eigenvalue weighted by Gasteiger charge is 2.10. The SMILES string of the molecule is COCOc1ccc(CCC(O)CCc2ccccc2)cc1OCOC. The van der Waals surface area contributed by atoms with Crippen molar-refractivity contribution in [1.29, 1.82) is 0 Å². The fourth-order valence-electron chi connectivity index (χ4n) is 2.64. The van der Waals surface area contributed by atoms with Gasteiger partial charge in [0.05, 0.1) is 6.10 Å². The molecule has 26 heavy (non-hydrogen) atoms. The number of aryl methyl sites for hydroxylation is 2. The predicted molar refractivity (Wildman–Crippen MR) is 101 cm³/mol. The molecule has 1 unspecified atom stereocenters. The lowest BCUT2D eigenvalue weighted by atomic mass is 10.0. The highest BCUT2D eigenvalue weighted by atomic mass is 16.7. The Morgan fingerprint density at radius 3 is 2.04 bits per heavy atom. The third-order valence-electron chi connectivity index (χ3n) is 4.05. The van der Waals surface area contributed by atoms with E-state index in [-0.39, 0.29) is 19.7 Å². The van der Waals surface area contributed by atoms with Crippen LogP contribution in [-0.4, -0.2) is 39.0 Å². The van der Waals surface area contributed by atoms with E-state index in [1.54, 1.807) is 14.2 Å². The molecule has 5 heteroatoms. The van der Waals surface area contributed by atoms with Crippen LogP contribution in [0.3, 0.4) is 0 Å². The standard InChI is InChI=1S/C21H28O5/c1-23-15-25-20-13-10-18(14-21(20)26-16-24-2)9-12-19(22)11-8-17-6-4-3-5-7-17/h3-7,10,13-14,19,22H,8-9,11-12,15-16H2,1-2H3. The van der Waals surface area contributed by atoms with Gasteiger partial charge >= 0.3 is 0 Å². The van der Waals surface area contributed by atoms with Crippen LogP contribution in [0.15, 0.2) is 48.5 Å². The van der Waals surface area contributed by atoms with Crippen molar-refractivity contribution in [3.63, 3.8) is 0 Å². The van der Waals surface area contributed by atoms with Crippen LogP contribution < -0.4 is 9.47 Å². The predicted octanol–water partition coefficient (Wildman–Crippen LogP) is 3.58. The lowest BCUT2D eigenvalue weighted by Crippen LogP contribution is -2.10. The first-order chi connectivity index (χ1) is 12.7. The van der Waals surface area contributed by atoms with E-state index in [1.165, 1.54) is 5.56 Å². The lowest BCUT2D eigenvalue weighted by molar-refractivity contribution is 0.0322. The van der Waals surface area contributed by atoms with E-state index in [0.717, 1.165) is 24.8 Å². The van der Waals surface area contributed by atoms with Crippen LogP contribution in [0.1, 0.15) is 24.0 Å². The highest BCUT2D eigenvalue weighted by Crippen LogP contribution is 2.29. The fourth-order valence-corrected chi connectivity index (χ4v) is 2.64. The number of rotatable bonds is 12. The maximum Gasteiger partial charge on any atom is 0.188 e. The molecule has 0 bridgehead atoms. The van der Waals surface area contributed by atoms with Gasteiger partial charge in [0.2, 0.25) is 0 Å². The molecule has 2 aromatic rings. The second kappa shape index (κ2) is 11.5. The first kappa shape index (κ1) is 20.2. The van der Waals surface area contributed by atoms with E-state index in [0.29, 0.717) is 17.9 Å². The lowest BCUT2D eigenvalue weighted by Gasteiger charge is -2.14. The van der Waals surface area contributed by atoms with E-state index >= 15 is 0 Å². The number of aliphatic hydroxyl groups excluding tert-OH is 1. The second-order valence-corrected chi connectivity index (χ2v) is 6.10. The van der Waals surface area contributed by atoms with Crippen LogP contribution in [0.25, 0.3) is 0 Å². The molecule has 0 spiro atoms. The topological polar surface area (TPSA) is 57.2 Å². The van der Waals surface area contributed by atoms with Crippen molar-refractivity contribution >= 4 is 0 Å². The molecule has 0 amide bonds. The first-order valence-corrected chi connectivity index (χ1v) is 8.81. The van der Waals surface area contributed by atoms with Gasteiger partial charge in [-0.05, 0) is 48.9 Å². The molecule has 0 aliphatic rings. The second-order valence-electron chi connectivity index (χ2n) is 6.10. The number of benzene rings is 2. The van der Waals surface area contributed by atoms with Gasteiger partial charge in [-0.15, -0.1) is 0 Å². The maximum absolute atomic E-state index is 10.3. The molecule has 1 atom stereocenters. The van der Waals surface area contributed by atoms with Crippen LogP contribution in [-0.2, 0) is 22.3 Å². The Bertz CT molecular complexity index is 630. The summed E-state index contributed by atoms with van der Waals surface area (Å²) >= 11 is 0. The van der Waals surface area contributed by atoms with E-state index < -0.39 is 0 Å². The molecule has 1 N–H and O–H groups in total. The minimum Gasteiger partial charge on any atom is -0.464 e. The van der Waals surface area contributed by atoms with Gasteiger partial charge in [-0.2, -0.15) is 0 Å². The summed E-state index contributed by atoms with van der Waals surface area (Å²) in [5, 5.41) is 10.3. The Labute approximate surface area is 155 Å². The molecule has 5 nitrogen and oxygen atoms in total. The van der Waals surface area contributed by atoms with E-state index in [4.69, 9.17) is 18.9 Å².